The third kappa shape index (κ3) is 3.82. The molecule has 0 aliphatic heterocycles. The molecule has 0 fully saturated rings. The van der Waals surface area contributed by atoms with E-state index in [2.05, 4.69) is 4.74 Å². The Bertz CT molecular complexity index is 402. The fourth-order valence-corrected chi connectivity index (χ4v) is 1.04. The molecule has 0 radical (unpaired) electrons. The zero-order valence-electron chi connectivity index (χ0n) is 8.78. The van der Waals surface area contributed by atoms with E-state index in [0.717, 1.165) is 0 Å². The van der Waals surface area contributed by atoms with Gasteiger partial charge in [0.15, 0.2) is 6.10 Å². The molecule has 7 heteroatoms. The number of ether oxygens (including phenoxy) is 1. The molecule has 1 aromatic rings. The van der Waals surface area contributed by atoms with Crippen LogP contribution in [0.25, 0.3) is 0 Å². The second kappa shape index (κ2) is 5.92. The van der Waals surface area contributed by atoms with Crippen molar-refractivity contribution >= 4 is 11.7 Å². The lowest BCUT2D eigenvalue weighted by molar-refractivity contribution is -0.384. The lowest BCUT2D eigenvalue weighted by atomic mass is 10.2. The highest BCUT2D eigenvalue weighted by molar-refractivity contribution is 5.74. The monoisotopic (exact) mass is 243 g/mol. The van der Waals surface area contributed by atoms with Gasteiger partial charge in [-0.15, -0.1) is 0 Å². The van der Waals surface area contributed by atoms with Crippen molar-refractivity contribution in [1.29, 1.82) is 0 Å². The van der Waals surface area contributed by atoms with Gasteiger partial charge in [0.25, 0.3) is 5.69 Å². The van der Waals surface area contributed by atoms with Gasteiger partial charge < -0.3 is 14.9 Å². The van der Waals surface area contributed by atoms with E-state index in [1.54, 1.807) is 0 Å². The summed E-state index contributed by atoms with van der Waals surface area (Å²) in [4.78, 5) is 20.8. The molecule has 0 spiro atoms. The number of rotatable bonds is 5. The van der Waals surface area contributed by atoms with Crippen LogP contribution in [0.4, 0.5) is 5.69 Å². The normalized spacial score (nSPS) is 11.9. The van der Waals surface area contributed by atoms with Crippen LogP contribution in [-0.4, -0.2) is 33.8 Å². The Morgan fingerprint density at radius 2 is 2.00 bits per heavy atom. The van der Waals surface area contributed by atoms with Crippen LogP contribution in [0.3, 0.4) is 0 Å². The number of hydrogen-bond donors (Lipinski definition) is 2. The van der Waals surface area contributed by atoms with Crippen LogP contribution >= 0.6 is 0 Å². The minimum absolute atomic E-state index is 0.0598. The van der Waals surface area contributed by atoms with Crippen molar-refractivity contribution in [2.24, 2.45) is 0 Å². The van der Waals surface area contributed by atoms with Crippen LogP contribution in [-0.2, 0) is 16.1 Å². The molecular formula is C10H11NO6. The van der Waals surface area contributed by atoms with Crippen LogP contribution < -0.4 is 0 Å². The predicted octanol–water partition coefficient (Wildman–Crippen LogP) is -0.00880. The van der Waals surface area contributed by atoms with Crippen molar-refractivity contribution in [3.8, 4) is 0 Å². The van der Waals surface area contributed by atoms with Gasteiger partial charge in [0.2, 0.25) is 0 Å². The molecule has 0 aliphatic rings. The van der Waals surface area contributed by atoms with Crippen molar-refractivity contribution in [1.82, 2.24) is 0 Å². The summed E-state index contributed by atoms with van der Waals surface area (Å²) in [6.07, 6.45) is -1.56. The van der Waals surface area contributed by atoms with Crippen molar-refractivity contribution in [2.45, 2.75) is 12.7 Å². The summed E-state index contributed by atoms with van der Waals surface area (Å²) in [6, 6.07) is 5.45. The Morgan fingerprint density at radius 1 is 1.41 bits per heavy atom. The highest BCUT2D eigenvalue weighted by Crippen LogP contribution is 2.12. The first-order valence-electron chi connectivity index (χ1n) is 4.73. The molecule has 0 bridgehead atoms. The minimum Gasteiger partial charge on any atom is -0.459 e. The molecule has 2 N–H and O–H groups in total. The summed E-state index contributed by atoms with van der Waals surface area (Å²) >= 11 is 0. The maximum Gasteiger partial charge on any atom is 0.337 e. The summed E-state index contributed by atoms with van der Waals surface area (Å²) in [6.45, 7) is -0.826. The fourth-order valence-electron chi connectivity index (χ4n) is 1.04. The molecule has 0 amide bonds. The lowest BCUT2D eigenvalue weighted by Gasteiger charge is -2.07. The second-order valence-corrected chi connectivity index (χ2v) is 3.23. The van der Waals surface area contributed by atoms with E-state index in [0.29, 0.717) is 5.56 Å². The number of benzene rings is 1. The van der Waals surface area contributed by atoms with Gasteiger partial charge in [-0.1, -0.05) is 0 Å². The molecule has 1 unspecified atom stereocenters. The number of aliphatic hydroxyl groups is 2. The maximum absolute atomic E-state index is 11.0. The molecule has 0 saturated carbocycles. The molecule has 92 valence electrons. The maximum atomic E-state index is 11.0. The third-order valence-electron chi connectivity index (χ3n) is 1.97. The Balaban J connectivity index is 2.53. The number of nitro groups is 1. The van der Waals surface area contributed by atoms with Crippen LogP contribution in [0.2, 0.25) is 0 Å². The Hall–Kier alpha value is -1.99. The van der Waals surface area contributed by atoms with E-state index in [9.17, 15) is 14.9 Å². The van der Waals surface area contributed by atoms with E-state index in [1.807, 2.05) is 0 Å². The molecular weight excluding hydrogens is 232 g/mol. The van der Waals surface area contributed by atoms with Crippen molar-refractivity contribution in [2.75, 3.05) is 6.61 Å². The van der Waals surface area contributed by atoms with Gasteiger partial charge in [-0.3, -0.25) is 10.1 Å². The first-order valence-corrected chi connectivity index (χ1v) is 4.73. The van der Waals surface area contributed by atoms with E-state index >= 15 is 0 Å². The van der Waals surface area contributed by atoms with Gasteiger partial charge in [-0.05, 0) is 17.7 Å². The zero-order valence-corrected chi connectivity index (χ0v) is 8.78. The SMILES string of the molecule is O=[13C](OCc1ccc([N+](=O)[O-])cc1)[13CH](O)CO. The molecule has 1 rings (SSSR count). The van der Waals surface area contributed by atoms with Gasteiger partial charge >= 0.3 is 5.97 Å². The number of carbonyl (C=O) groups excluding carboxylic acids is 1. The fraction of sp³-hybridized carbons (Fsp3) is 0.300. The van der Waals surface area contributed by atoms with Gasteiger partial charge in [0, 0.05) is 12.1 Å². The summed E-state index contributed by atoms with van der Waals surface area (Å²) in [5, 5.41) is 27.7. The number of non-ortho nitro benzene ring substituents is 1. The Labute approximate surface area is 96.4 Å². The van der Waals surface area contributed by atoms with Crippen molar-refractivity contribution in [3.63, 3.8) is 0 Å². The molecule has 17 heavy (non-hydrogen) atoms. The number of nitro benzene ring substituents is 1. The first-order chi connectivity index (χ1) is 8.04. The molecule has 0 aliphatic carbocycles. The molecule has 0 saturated heterocycles. The third-order valence-corrected chi connectivity index (χ3v) is 1.97. The average molecular weight is 243 g/mol. The Kier molecular flexibility index (Phi) is 4.56. The highest BCUT2D eigenvalue weighted by Gasteiger charge is 2.15. The summed E-state index contributed by atoms with van der Waals surface area (Å²) in [5.41, 5.74) is 0.490. The molecule has 7 nitrogen and oxygen atoms in total. The first kappa shape index (κ1) is 13.1. The second-order valence-electron chi connectivity index (χ2n) is 3.23. The van der Waals surface area contributed by atoms with E-state index in [-0.39, 0.29) is 12.3 Å². The largest absolute Gasteiger partial charge is 0.459 e. The summed E-state index contributed by atoms with van der Waals surface area (Å²) < 4.78 is 4.66. The van der Waals surface area contributed by atoms with Gasteiger partial charge in [-0.25, -0.2) is 4.79 Å². The quantitative estimate of drug-likeness (QED) is 0.326. The predicted molar refractivity (Wildman–Crippen MR) is 56.0 cm³/mol. The number of aliphatic hydroxyl groups excluding tert-OH is 2. The summed E-state index contributed by atoms with van der Waals surface area (Å²) in [5.74, 6) is -0.939. The van der Waals surface area contributed by atoms with Crippen LogP contribution in [0.15, 0.2) is 24.3 Å². The summed E-state index contributed by atoms with van der Waals surface area (Å²) in [7, 11) is 0. The lowest BCUT2D eigenvalue weighted by Crippen LogP contribution is -2.26. The number of nitrogens with zero attached hydrogens (tertiary/aromatic N) is 1. The molecule has 0 aromatic heterocycles. The molecule has 1 aromatic carbocycles. The van der Waals surface area contributed by atoms with E-state index < -0.39 is 23.6 Å². The molecule has 1 atom stereocenters. The van der Waals surface area contributed by atoms with Crippen LogP contribution in [0.5, 0.6) is 0 Å². The van der Waals surface area contributed by atoms with Gasteiger partial charge in [0.05, 0.1) is 11.5 Å². The number of hydrogen-bond acceptors (Lipinski definition) is 6. The van der Waals surface area contributed by atoms with E-state index in [4.69, 9.17) is 10.2 Å². The Morgan fingerprint density at radius 3 is 2.47 bits per heavy atom. The number of carbonyl (C=O) groups is 1. The highest BCUT2D eigenvalue weighted by atomic mass is 16.7. The van der Waals surface area contributed by atoms with E-state index in [1.165, 1.54) is 24.3 Å². The van der Waals surface area contributed by atoms with Crippen molar-refractivity contribution < 1.29 is 24.7 Å². The van der Waals surface area contributed by atoms with Crippen molar-refractivity contribution in [3.05, 3.63) is 39.9 Å². The van der Waals surface area contributed by atoms with Crippen LogP contribution in [0, 0.1) is 10.1 Å². The minimum atomic E-state index is -1.56. The smallest absolute Gasteiger partial charge is 0.337 e. The standard InChI is InChI=1S/C10H11NO6/c12-5-9(13)10(14)17-6-7-1-3-8(4-2-7)11(15)16/h1-4,9,12-13H,5-6H2/i9+1,10+1. The zero-order chi connectivity index (χ0) is 12.8. The number of esters is 1. The average Bonchev–Trinajstić information content (AvgIpc) is 2.35. The van der Waals surface area contributed by atoms with Gasteiger partial charge in [-0.2, -0.15) is 0 Å². The molecule has 0 heterocycles. The topological polar surface area (TPSA) is 110 Å². The van der Waals surface area contributed by atoms with Gasteiger partial charge in [0.1, 0.15) is 6.61 Å². The van der Waals surface area contributed by atoms with Crippen LogP contribution in [0.1, 0.15) is 5.56 Å².